The molecule has 0 saturated heterocycles. The Balaban J connectivity index is 0.00000264. The molecular weight excluding hydrogens is 337 g/mol. The molecule has 0 radical (unpaired) electrons. The second kappa shape index (κ2) is 8.87. The fourth-order valence-electron chi connectivity index (χ4n) is 1.70. The van der Waals surface area contributed by atoms with E-state index in [4.69, 9.17) is 33.5 Å². The Morgan fingerprint density at radius 3 is 2.35 bits per heavy atom. The van der Waals surface area contributed by atoms with E-state index >= 15 is 0 Å². The molecule has 0 spiro atoms. The monoisotopic (exact) mass is 353 g/mol. The van der Waals surface area contributed by atoms with Gasteiger partial charge in [0.05, 0.1) is 5.69 Å². The highest BCUT2D eigenvalue weighted by Gasteiger charge is 1.98. The van der Waals surface area contributed by atoms with Crippen molar-refractivity contribution in [3.8, 4) is 5.75 Å². The molecule has 6 N–H and O–H groups in total. The highest BCUT2D eigenvalue weighted by Crippen LogP contribution is 2.20. The van der Waals surface area contributed by atoms with Crippen molar-refractivity contribution in [2.75, 3.05) is 0 Å². The lowest BCUT2D eigenvalue weighted by Crippen LogP contribution is -2.26. The van der Waals surface area contributed by atoms with E-state index in [1.165, 1.54) is 0 Å². The van der Waals surface area contributed by atoms with E-state index in [9.17, 15) is 0 Å². The van der Waals surface area contributed by atoms with E-state index in [2.05, 4.69) is 9.98 Å². The Hall–Kier alpha value is -2.44. The maximum atomic E-state index is 5.92. The summed E-state index contributed by atoms with van der Waals surface area (Å²) in [6.45, 7) is 0.430. The quantitative estimate of drug-likeness (QED) is 0.578. The number of hydrogen-bond acceptors (Lipinski definition) is 2. The average Bonchev–Trinajstić information content (AvgIpc) is 2.46. The summed E-state index contributed by atoms with van der Waals surface area (Å²) in [7, 11) is 0. The van der Waals surface area contributed by atoms with Crippen LogP contribution in [-0.4, -0.2) is 11.9 Å². The Morgan fingerprint density at radius 1 is 1.04 bits per heavy atom. The molecule has 0 heterocycles. The number of nitrogens with two attached hydrogens (primary N) is 3. The number of rotatable bonds is 4. The zero-order chi connectivity index (χ0) is 15.9. The first-order valence-electron chi connectivity index (χ1n) is 6.44. The van der Waals surface area contributed by atoms with Crippen LogP contribution in [0.3, 0.4) is 0 Å². The van der Waals surface area contributed by atoms with Crippen molar-refractivity contribution in [1.29, 1.82) is 0 Å². The Morgan fingerprint density at radius 2 is 1.74 bits per heavy atom. The zero-order valence-corrected chi connectivity index (χ0v) is 13.7. The summed E-state index contributed by atoms with van der Waals surface area (Å²) in [5.41, 5.74) is 17.6. The van der Waals surface area contributed by atoms with Crippen molar-refractivity contribution >= 4 is 41.6 Å². The molecule has 0 aliphatic rings. The number of ether oxygens (including phenoxy) is 1. The van der Waals surface area contributed by atoms with Gasteiger partial charge in [0.1, 0.15) is 12.4 Å². The van der Waals surface area contributed by atoms with Crippen molar-refractivity contribution < 1.29 is 4.74 Å². The predicted octanol–water partition coefficient (Wildman–Crippen LogP) is 2.56. The fraction of sp³-hybridized carbons (Fsp3) is 0.0667. The van der Waals surface area contributed by atoms with E-state index in [0.717, 1.165) is 5.56 Å². The van der Waals surface area contributed by atoms with Gasteiger partial charge in [-0.15, -0.1) is 12.4 Å². The maximum absolute atomic E-state index is 5.92. The summed E-state index contributed by atoms with van der Waals surface area (Å²) in [5, 5.41) is 0.681. The lowest BCUT2D eigenvalue weighted by atomic mass is 10.2. The van der Waals surface area contributed by atoms with E-state index < -0.39 is 0 Å². The molecule has 0 unspecified atom stereocenters. The first kappa shape index (κ1) is 18.6. The molecule has 0 aliphatic carbocycles. The van der Waals surface area contributed by atoms with Gasteiger partial charge in [-0.25, -0.2) is 4.99 Å². The molecule has 2 aromatic carbocycles. The Kier molecular flexibility index (Phi) is 7.18. The number of benzene rings is 2. The molecule has 0 saturated carbocycles. The molecular formula is C15H17Cl2N5O. The average molecular weight is 354 g/mol. The van der Waals surface area contributed by atoms with E-state index in [1.807, 2.05) is 24.3 Å². The Labute approximate surface area is 145 Å². The fourth-order valence-corrected chi connectivity index (χ4v) is 1.91. The van der Waals surface area contributed by atoms with E-state index in [-0.39, 0.29) is 24.3 Å². The van der Waals surface area contributed by atoms with Gasteiger partial charge in [-0.1, -0.05) is 23.7 Å². The van der Waals surface area contributed by atoms with Crippen LogP contribution in [0.4, 0.5) is 5.69 Å². The third-order valence-corrected chi connectivity index (χ3v) is 2.85. The normalized spacial score (nSPS) is 10.6. The van der Waals surface area contributed by atoms with Crippen molar-refractivity contribution in [2.24, 2.45) is 27.2 Å². The van der Waals surface area contributed by atoms with Crippen LogP contribution >= 0.6 is 24.0 Å². The number of hydrogen-bond donors (Lipinski definition) is 3. The van der Waals surface area contributed by atoms with Crippen molar-refractivity contribution in [3.05, 3.63) is 59.1 Å². The molecule has 8 heteroatoms. The molecule has 23 heavy (non-hydrogen) atoms. The molecule has 122 valence electrons. The van der Waals surface area contributed by atoms with Gasteiger partial charge in [-0.3, -0.25) is 0 Å². The highest BCUT2D eigenvalue weighted by atomic mass is 35.5. The van der Waals surface area contributed by atoms with Gasteiger partial charge in [0.2, 0.25) is 5.96 Å². The second-order valence-electron chi connectivity index (χ2n) is 4.42. The smallest absolute Gasteiger partial charge is 0.223 e. The van der Waals surface area contributed by atoms with E-state index in [0.29, 0.717) is 23.1 Å². The van der Waals surface area contributed by atoms with Crippen LogP contribution in [0.2, 0.25) is 5.02 Å². The van der Waals surface area contributed by atoms with Crippen LogP contribution < -0.4 is 21.9 Å². The molecule has 2 rings (SSSR count). The van der Waals surface area contributed by atoms with Gasteiger partial charge in [0.25, 0.3) is 0 Å². The third kappa shape index (κ3) is 6.46. The molecule has 0 bridgehead atoms. The highest BCUT2D eigenvalue weighted by molar-refractivity contribution is 6.30. The minimum absolute atomic E-state index is 0. The van der Waals surface area contributed by atoms with Crippen molar-refractivity contribution in [2.45, 2.75) is 6.61 Å². The molecule has 0 fully saturated rings. The second-order valence-corrected chi connectivity index (χ2v) is 4.86. The lowest BCUT2D eigenvalue weighted by Gasteiger charge is -2.06. The van der Waals surface area contributed by atoms with Crippen LogP contribution in [-0.2, 0) is 6.61 Å². The predicted molar refractivity (Wildman–Crippen MR) is 96.6 cm³/mol. The standard InChI is InChI=1S/C15H16ClN5O.ClH/c16-11-3-1-2-10(8-11)9-22-13-6-4-12(5-7-13)20-15(19)21-14(17)18;/h1-8H,9H2,(H6,17,18,19,20,21);1H. The van der Waals surface area contributed by atoms with Gasteiger partial charge in [-0.2, -0.15) is 4.99 Å². The minimum atomic E-state index is -0.136. The molecule has 6 nitrogen and oxygen atoms in total. The van der Waals surface area contributed by atoms with Gasteiger partial charge in [-0.05, 0) is 42.0 Å². The van der Waals surface area contributed by atoms with Crippen LogP contribution in [0.5, 0.6) is 5.75 Å². The molecule has 2 aromatic rings. The molecule has 0 aliphatic heterocycles. The van der Waals surface area contributed by atoms with Crippen LogP contribution in [0.15, 0.2) is 58.5 Å². The SMILES string of the molecule is Cl.NC(N)=NC(N)=Nc1ccc(OCc2cccc(Cl)c2)cc1. The lowest BCUT2D eigenvalue weighted by molar-refractivity contribution is 0.306. The summed E-state index contributed by atoms with van der Waals surface area (Å²) in [4.78, 5) is 7.68. The maximum Gasteiger partial charge on any atom is 0.223 e. The first-order valence-corrected chi connectivity index (χ1v) is 6.82. The van der Waals surface area contributed by atoms with Gasteiger partial charge in [0.15, 0.2) is 5.96 Å². The Bertz CT molecular complexity index is 697. The number of guanidine groups is 2. The van der Waals surface area contributed by atoms with Crippen molar-refractivity contribution in [1.82, 2.24) is 0 Å². The van der Waals surface area contributed by atoms with E-state index in [1.54, 1.807) is 24.3 Å². The summed E-state index contributed by atoms with van der Waals surface area (Å²) >= 11 is 5.92. The number of halogens is 2. The first-order chi connectivity index (χ1) is 10.5. The summed E-state index contributed by atoms with van der Waals surface area (Å²) in [6.07, 6.45) is 0. The minimum Gasteiger partial charge on any atom is -0.489 e. The molecule has 0 aromatic heterocycles. The largest absolute Gasteiger partial charge is 0.489 e. The van der Waals surface area contributed by atoms with Gasteiger partial charge in [0, 0.05) is 5.02 Å². The zero-order valence-electron chi connectivity index (χ0n) is 12.1. The summed E-state index contributed by atoms with van der Waals surface area (Å²) < 4.78 is 5.67. The summed E-state index contributed by atoms with van der Waals surface area (Å²) in [6, 6.07) is 14.6. The number of nitrogens with zero attached hydrogens (tertiary/aromatic N) is 2. The van der Waals surface area contributed by atoms with Crippen LogP contribution in [0.25, 0.3) is 0 Å². The topological polar surface area (TPSA) is 112 Å². The van der Waals surface area contributed by atoms with Gasteiger partial charge >= 0.3 is 0 Å². The summed E-state index contributed by atoms with van der Waals surface area (Å²) in [5.74, 6) is 0.564. The van der Waals surface area contributed by atoms with Crippen LogP contribution in [0.1, 0.15) is 5.56 Å². The van der Waals surface area contributed by atoms with Crippen molar-refractivity contribution in [3.63, 3.8) is 0 Å². The third-order valence-electron chi connectivity index (χ3n) is 2.62. The molecule has 0 atom stereocenters. The number of aliphatic imine (C=N–C) groups is 2. The van der Waals surface area contributed by atoms with Crippen LogP contribution in [0, 0.1) is 0 Å². The molecule has 0 amide bonds. The van der Waals surface area contributed by atoms with Gasteiger partial charge < -0.3 is 21.9 Å².